The molecule has 1 aliphatic rings. The minimum absolute atomic E-state index is 0.0560. The number of carbonyl (C=O) groups is 2. The maximum Gasteiger partial charge on any atom is 0.317 e. The maximum absolute atomic E-state index is 11.8. The average molecular weight is 244 g/mol. The number of carbonyl (C=O) groups excluding carboxylic acids is 1. The molecule has 6 nitrogen and oxygen atoms in total. The number of nitrogens with one attached hydrogen (secondary N) is 1. The lowest BCUT2D eigenvalue weighted by Crippen LogP contribution is -2.44. The van der Waals surface area contributed by atoms with Crippen LogP contribution in [0.15, 0.2) is 0 Å². The molecule has 2 amide bonds. The predicted molar refractivity (Wildman–Crippen MR) is 61.6 cm³/mol. The molecule has 1 rings (SSSR count). The van der Waals surface area contributed by atoms with Gasteiger partial charge < -0.3 is 20.4 Å². The van der Waals surface area contributed by atoms with Crippen molar-refractivity contribution >= 4 is 12.0 Å². The Hall–Kier alpha value is -1.30. The van der Waals surface area contributed by atoms with Crippen LogP contribution in [0.1, 0.15) is 26.2 Å². The molecule has 17 heavy (non-hydrogen) atoms. The van der Waals surface area contributed by atoms with Gasteiger partial charge in [-0.1, -0.05) is 6.92 Å². The van der Waals surface area contributed by atoms with E-state index in [1.54, 1.807) is 4.90 Å². The summed E-state index contributed by atoms with van der Waals surface area (Å²) in [6, 6.07) is -0.553. The van der Waals surface area contributed by atoms with E-state index >= 15 is 0 Å². The molecule has 0 saturated carbocycles. The second kappa shape index (κ2) is 6.44. The third-order valence-corrected chi connectivity index (χ3v) is 3.07. The zero-order chi connectivity index (χ0) is 12.8. The number of aliphatic hydroxyl groups is 1. The molecule has 0 aromatic heterocycles. The van der Waals surface area contributed by atoms with Gasteiger partial charge >= 0.3 is 12.0 Å². The van der Waals surface area contributed by atoms with E-state index in [-0.39, 0.29) is 31.0 Å². The minimum atomic E-state index is -0.910. The molecule has 98 valence electrons. The van der Waals surface area contributed by atoms with E-state index in [1.165, 1.54) is 0 Å². The summed E-state index contributed by atoms with van der Waals surface area (Å²) in [7, 11) is 0. The number of hydrogen-bond donors (Lipinski definition) is 3. The Bertz CT molecular complexity index is 283. The molecule has 3 N–H and O–H groups in total. The van der Waals surface area contributed by atoms with Gasteiger partial charge in [-0.15, -0.1) is 0 Å². The number of aliphatic carboxylic acids is 1. The normalized spacial score (nSPS) is 21.3. The van der Waals surface area contributed by atoms with Gasteiger partial charge in [0.2, 0.25) is 0 Å². The smallest absolute Gasteiger partial charge is 0.317 e. The summed E-state index contributed by atoms with van der Waals surface area (Å²) in [5.41, 5.74) is 0. The van der Waals surface area contributed by atoms with E-state index in [0.717, 1.165) is 6.42 Å². The van der Waals surface area contributed by atoms with Crippen LogP contribution in [-0.4, -0.2) is 52.9 Å². The first-order valence-electron chi connectivity index (χ1n) is 5.94. The Labute approximate surface area is 101 Å². The quantitative estimate of drug-likeness (QED) is 0.647. The molecular weight excluding hydrogens is 224 g/mol. The van der Waals surface area contributed by atoms with Gasteiger partial charge in [0.25, 0.3) is 0 Å². The monoisotopic (exact) mass is 244 g/mol. The third-order valence-electron chi connectivity index (χ3n) is 3.07. The zero-order valence-corrected chi connectivity index (χ0v) is 10.1. The van der Waals surface area contributed by atoms with Crippen LogP contribution in [-0.2, 0) is 4.79 Å². The average Bonchev–Trinajstić information content (AvgIpc) is 2.75. The topological polar surface area (TPSA) is 89.9 Å². The molecule has 0 aliphatic carbocycles. The first kappa shape index (κ1) is 13.8. The van der Waals surface area contributed by atoms with E-state index in [1.807, 2.05) is 6.92 Å². The number of rotatable bonds is 5. The summed E-state index contributed by atoms with van der Waals surface area (Å²) >= 11 is 0. The standard InChI is InChI=1S/C11H20N2O4/c1-2-9(5-10(15)16)12-11(17)13-4-3-8(6-13)7-14/h8-9,14H,2-7H2,1H3,(H,12,17)(H,15,16). The van der Waals surface area contributed by atoms with E-state index in [2.05, 4.69) is 5.32 Å². The Morgan fingerprint density at radius 2 is 2.24 bits per heavy atom. The van der Waals surface area contributed by atoms with Crippen molar-refractivity contribution in [3.63, 3.8) is 0 Å². The predicted octanol–water partition coefficient (Wildman–Crippen LogP) is 0.264. The van der Waals surface area contributed by atoms with Crippen molar-refractivity contribution in [2.75, 3.05) is 19.7 Å². The lowest BCUT2D eigenvalue weighted by atomic mass is 10.1. The van der Waals surface area contributed by atoms with Crippen LogP contribution in [0.5, 0.6) is 0 Å². The Kier molecular flexibility index (Phi) is 5.21. The summed E-state index contributed by atoms with van der Waals surface area (Å²) < 4.78 is 0. The summed E-state index contributed by atoms with van der Waals surface area (Å²) in [6.07, 6.45) is 1.34. The van der Waals surface area contributed by atoms with Gasteiger partial charge in [0.05, 0.1) is 6.42 Å². The lowest BCUT2D eigenvalue weighted by Gasteiger charge is -2.21. The molecule has 1 saturated heterocycles. The fraction of sp³-hybridized carbons (Fsp3) is 0.818. The summed E-state index contributed by atoms with van der Waals surface area (Å²) in [5, 5.41) is 20.4. The van der Waals surface area contributed by atoms with Crippen molar-refractivity contribution in [3.05, 3.63) is 0 Å². The number of carboxylic acids is 1. The first-order valence-corrected chi connectivity index (χ1v) is 5.94. The van der Waals surface area contributed by atoms with E-state index < -0.39 is 5.97 Å². The van der Waals surface area contributed by atoms with Crippen molar-refractivity contribution in [2.45, 2.75) is 32.2 Å². The zero-order valence-electron chi connectivity index (χ0n) is 10.1. The number of carboxylic acid groups (broad SMARTS) is 1. The van der Waals surface area contributed by atoms with Crippen LogP contribution in [0.2, 0.25) is 0 Å². The van der Waals surface area contributed by atoms with Gasteiger partial charge in [-0.25, -0.2) is 4.79 Å². The first-order chi connectivity index (χ1) is 8.06. The number of nitrogens with zero attached hydrogens (tertiary/aromatic N) is 1. The second-order valence-corrected chi connectivity index (χ2v) is 4.44. The number of aliphatic hydroxyl groups excluding tert-OH is 1. The SMILES string of the molecule is CCC(CC(=O)O)NC(=O)N1CCC(CO)C1. The summed E-state index contributed by atoms with van der Waals surface area (Å²) in [5.74, 6) is -0.757. The van der Waals surface area contributed by atoms with Crippen LogP contribution in [0.3, 0.4) is 0 Å². The number of urea groups is 1. The van der Waals surface area contributed by atoms with Gasteiger partial charge in [-0.2, -0.15) is 0 Å². The van der Waals surface area contributed by atoms with Gasteiger partial charge in [0.1, 0.15) is 0 Å². The van der Waals surface area contributed by atoms with Gasteiger partial charge in [0, 0.05) is 31.7 Å². The Morgan fingerprint density at radius 1 is 1.53 bits per heavy atom. The highest BCUT2D eigenvalue weighted by Crippen LogP contribution is 2.15. The molecule has 0 bridgehead atoms. The number of hydrogen-bond acceptors (Lipinski definition) is 3. The number of likely N-dealkylation sites (tertiary alicyclic amines) is 1. The van der Waals surface area contributed by atoms with Gasteiger partial charge in [0.15, 0.2) is 0 Å². The van der Waals surface area contributed by atoms with Crippen molar-refractivity contribution < 1.29 is 19.8 Å². The Morgan fingerprint density at radius 3 is 2.71 bits per heavy atom. The van der Waals surface area contributed by atoms with Crippen molar-refractivity contribution in [1.29, 1.82) is 0 Å². The maximum atomic E-state index is 11.8. The van der Waals surface area contributed by atoms with Crippen LogP contribution in [0, 0.1) is 5.92 Å². The Balaban J connectivity index is 2.40. The molecule has 0 spiro atoms. The second-order valence-electron chi connectivity index (χ2n) is 4.44. The summed E-state index contributed by atoms with van der Waals surface area (Å²) in [4.78, 5) is 24.0. The van der Waals surface area contributed by atoms with Crippen LogP contribution in [0.4, 0.5) is 4.79 Å². The highest BCUT2D eigenvalue weighted by atomic mass is 16.4. The van der Waals surface area contributed by atoms with Crippen LogP contribution >= 0.6 is 0 Å². The van der Waals surface area contributed by atoms with Crippen molar-refractivity contribution in [3.8, 4) is 0 Å². The van der Waals surface area contributed by atoms with E-state index in [9.17, 15) is 9.59 Å². The van der Waals surface area contributed by atoms with Crippen molar-refractivity contribution in [1.82, 2.24) is 10.2 Å². The third kappa shape index (κ3) is 4.22. The minimum Gasteiger partial charge on any atom is -0.481 e. The lowest BCUT2D eigenvalue weighted by molar-refractivity contribution is -0.137. The van der Waals surface area contributed by atoms with Gasteiger partial charge in [-0.05, 0) is 12.8 Å². The number of amides is 2. The molecule has 0 aromatic rings. The highest BCUT2D eigenvalue weighted by molar-refractivity contribution is 5.76. The fourth-order valence-corrected chi connectivity index (χ4v) is 1.94. The molecule has 6 heteroatoms. The van der Waals surface area contributed by atoms with Crippen LogP contribution in [0.25, 0.3) is 0 Å². The van der Waals surface area contributed by atoms with Crippen molar-refractivity contribution in [2.24, 2.45) is 5.92 Å². The summed E-state index contributed by atoms with van der Waals surface area (Å²) in [6.45, 7) is 3.11. The molecule has 1 fully saturated rings. The molecule has 1 heterocycles. The molecule has 2 atom stereocenters. The molecule has 1 aliphatic heterocycles. The van der Waals surface area contributed by atoms with E-state index in [4.69, 9.17) is 10.2 Å². The van der Waals surface area contributed by atoms with E-state index in [0.29, 0.717) is 19.5 Å². The molecule has 0 radical (unpaired) electrons. The van der Waals surface area contributed by atoms with Gasteiger partial charge in [-0.3, -0.25) is 4.79 Å². The highest BCUT2D eigenvalue weighted by Gasteiger charge is 2.26. The largest absolute Gasteiger partial charge is 0.481 e. The molecular formula is C11H20N2O4. The molecule has 2 unspecified atom stereocenters. The molecule has 0 aromatic carbocycles. The van der Waals surface area contributed by atoms with Crippen LogP contribution < -0.4 is 5.32 Å². The fourth-order valence-electron chi connectivity index (χ4n) is 1.94.